The Kier molecular flexibility index (Phi) is 4.07. The van der Waals surface area contributed by atoms with Crippen LogP contribution in [0.25, 0.3) is 0 Å². The fourth-order valence-corrected chi connectivity index (χ4v) is 2.02. The zero-order chi connectivity index (χ0) is 13.1. The van der Waals surface area contributed by atoms with Crippen molar-refractivity contribution >= 4 is 46.4 Å². The first-order chi connectivity index (χ1) is 8.56. The van der Waals surface area contributed by atoms with E-state index in [4.69, 9.17) is 34.8 Å². The molecule has 2 rings (SSSR count). The van der Waals surface area contributed by atoms with Crippen molar-refractivity contribution in [1.82, 2.24) is 4.98 Å². The maximum Gasteiger partial charge on any atom is 0.257 e. The Morgan fingerprint density at radius 2 is 1.89 bits per heavy atom. The van der Waals surface area contributed by atoms with Crippen LogP contribution in [0.4, 0.5) is 5.69 Å². The lowest BCUT2D eigenvalue weighted by atomic mass is 10.2. The van der Waals surface area contributed by atoms with Crippen molar-refractivity contribution in [2.45, 2.75) is 0 Å². The second-order valence-corrected chi connectivity index (χ2v) is 4.68. The molecule has 1 amide bonds. The van der Waals surface area contributed by atoms with Gasteiger partial charge in [-0.25, -0.2) is 4.98 Å². The number of benzene rings is 1. The number of amides is 1. The lowest BCUT2D eigenvalue weighted by Crippen LogP contribution is -2.12. The molecule has 0 atom stereocenters. The molecule has 0 bridgehead atoms. The number of carbonyl (C=O) groups is 1. The molecule has 0 saturated heterocycles. The summed E-state index contributed by atoms with van der Waals surface area (Å²) < 4.78 is 0. The van der Waals surface area contributed by atoms with Gasteiger partial charge in [0.1, 0.15) is 5.15 Å². The fourth-order valence-electron chi connectivity index (χ4n) is 1.35. The van der Waals surface area contributed by atoms with Crippen molar-refractivity contribution in [2.24, 2.45) is 0 Å². The minimum Gasteiger partial charge on any atom is -0.322 e. The second kappa shape index (κ2) is 5.57. The summed E-state index contributed by atoms with van der Waals surface area (Å²) in [5.41, 5.74) is 0.889. The number of hydrogen-bond acceptors (Lipinski definition) is 2. The minimum absolute atomic E-state index is 0.292. The third kappa shape index (κ3) is 3.13. The van der Waals surface area contributed by atoms with Gasteiger partial charge in [0.25, 0.3) is 5.91 Å². The predicted molar refractivity (Wildman–Crippen MR) is 73.7 cm³/mol. The average Bonchev–Trinajstić information content (AvgIpc) is 2.28. The summed E-state index contributed by atoms with van der Waals surface area (Å²) in [7, 11) is 0. The fraction of sp³-hybridized carbons (Fsp3) is 0. The molecular weight excluding hydrogens is 295 g/mol. The molecule has 18 heavy (non-hydrogen) atoms. The van der Waals surface area contributed by atoms with Gasteiger partial charge in [0.15, 0.2) is 0 Å². The van der Waals surface area contributed by atoms with Crippen molar-refractivity contribution in [2.75, 3.05) is 5.32 Å². The van der Waals surface area contributed by atoms with Crippen molar-refractivity contribution in [3.05, 3.63) is 57.3 Å². The molecule has 0 unspecified atom stereocenters. The highest BCUT2D eigenvalue weighted by atomic mass is 35.5. The number of carbonyl (C=O) groups excluding carboxylic acids is 1. The van der Waals surface area contributed by atoms with Gasteiger partial charge in [0.2, 0.25) is 0 Å². The Bertz CT molecular complexity index is 602. The lowest BCUT2D eigenvalue weighted by molar-refractivity contribution is 0.102. The monoisotopic (exact) mass is 300 g/mol. The summed E-state index contributed by atoms with van der Waals surface area (Å²) in [5.74, 6) is -0.334. The summed E-state index contributed by atoms with van der Waals surface area (Å²) in [5, 5.41) is 3.74. The van der Waals surface area contributed by atoms with Gasteiger partial charge in [0.05, 0.1) is 10.6 Å². The van der Waals surface area contributed by atoms with Crippen molar-refractivity contribution in [3.63, 3.8) is 0 Å². The molecule has 92 valence electrons. The molecule has 1 N–H and O–H groups in total. The predicted octanol–water partition coefficient (Wildman–Crippen LogP) is 4.29. The van der Waals surface area contributed by atoms with Crippen molar-refractivity contribution in [1.29, 1.82) is 0 Å². The Balaban J connectivity index is 2.22. The van der Waals surface area contributed by atoms with Crippen molar-refractivity contribution in [3.8, 4) is 0 Å². The Labute approximate surface area is 119 Å². The summed E-state index contributed by atoms with van der Waals surface area (Å²) in [4.78, 5) is 15.8. The van der Waals surface area contributed by atoms with Crippen LogP contribution in [0, 0.1) is 0 Å². The van der Waals surface area contributed by atoms with Gasteiger partial charge in [-0.1, -0.05) is 34.8 Å². The van der Waals surface area contributed by atoms with E-state index in [-0.39, 0.29) is 5.91 Å². The van der Waals surface area contributed by atoms with Crippen LogP contribution in [0.2, 0.25) is 15.2 Å². The smallest absolute Gasteiger partial charge is 0.257 e. The highest BCUT2D eigenvalue weighted by molar-refractivity contribution is 6.37. The van der Waals surface area contributed by atoms with Crippen LogP contribution in [0.15, 0.2) is 36.5 Å². The molecule has 0 spiro atoms. The highest BCUT2D eigenvalue weighted by Gasteiger charge is 2.11. The van der Waals surface area contributed by atoms with Gasteiger partial charge < -0.3 is 5.32 Å². The van der Waals surface area contributed by atoms with Crippen LogP contribution < -0.4 is 5.32 Å². The number of nitrogens with zero attached hydrogens (tertiary/aromatic N) is 1. The topological polar surface area (TPSA) is 42.0 Å². The molecule has 0 aliphatic carbocycles. The molecule has 6 heteroatoms. The van der Waals surface area contributed by atoms with E-state index in [1.165, 1.54) is 12.3 Å². The molecular formula is C12H7Cl3N2O. The van der Waals surface area contributed by atoms with Crippen LogP contribution >= 0.6 is 34.8 Å². The summed E-state index contributed by atoms with van der Waals surface area (Å²) in [6.45, 7) is 0. The first kappa shape index (κ1) is 13.1. The van der Waals surface area contributed by atoms with Crippen LogP contribution in [0.5, 0.6) is 0 Å². The van der Waals surface area contributed by atoms with Gasteiger partial charge in [-0.3, -0.25) is 4.79 Å². The maximum absolute atomic E-state index is 12.0. The molecule has 1 aromatic carbocycles. The summed E-state index contributed by atoms with van der Waals surface area (Å²) >= 11 is 17.4. The van der Waals surface area contributed by atoms with Crippen molar-refractivity contribution < 1.29 is 4.79 Å². The molecule has 0 aliphatic rings. The second-order valence-electron chi connectivity index (χ2n) is 3.45. The lowest BCUT2D eigenvalue weighted by Gasteiger charge is -2.07. The number of aromatic nitrogens is 1. The molecule has 0 aliphatic heterocycles. The van der Waals surface area contributed by atoms with Crippen LogP contribution in [-0.2, 0) is 0 Å². The molecule has 1 aromatic heterocycles. The van der Waals surface area contributed by atoms with Crippen LogP contribution in [0.3, 0.4) is 0 Å². The SMILES string of the molecule is O=C(Nc1ccnc(Cl)c1)c1ccc(Cl)cc1Cl. The number of hydrogen-bond donors (Lipinski definition) is 1. The van der Waals surface area contributed by atoms with E-state index in [0.717, 1.165) is 0 Å². The molecule has 3 nitrogen and oxygen atoms in total. The van der Waals surface area contributed by atoms with Gasteiger partial charge in [-0.2, -0.15) is 0 Å². The van der Waals surface area contributed by atoms with E-state index in [9.17, 15) is 4.79 Å². The number of anilines is 1. The standard InChI is InChI=1S/C12H7Cl3N2O/c13-7-1-2-9(10(14)5-7)12(18)17-8-3-4-16-11(15)6-8/h1-6H,(H,16,17,18). The van der Waals surface area contributed by atoms with Crippen LogP contribution in [0.1, 0.15) is 10.4 Å². The van der Waals surface area contributed by atoms with E-state index in [0.29, 0.717) is 26.4 Å². The van der Waals surface area contributed by atoms with Gasteiger partial charge in [-0.15, -0.1) is 0 Å². The first-order valence-corrected chi connectivity index (χ1v) is 6.07. The maximum atomic E-state index is 12.0. The van der Waals surface area contributed by atoms with Gasteiger partial charge >= 0.3 is 0 Å². The number of pyridine rings is 1. The zero-order valence-corrected chi connectivity index (χ0v) is 11.2. The average molecular weight is 302 g/mol. The Morgan fingerprint density at radius 1 is 1.11 bits per heavy atom. The summed E-state index contributed by atoms with van der Waals surface area (Å²) in [6.07, 6.45) is 1.50. The zero-order valence-electron chi connectivity index (χ0n) is 8.95. The van der Waals surface area contributed by atoms with Gasteiger partial charge in [0, 0.05) is 16.9 Å². The van der Waals surface area contributed by atoms with Crippen LogP contribution in [-0.4, -0.2) is 10.9 Å². The third-order valence-electron chi connectivity index (χ3n) is 2.16. The van der Waals surface area contributed by atoms with E-state index in [2.05, 4.69) is 10.3 Å². The molecule has 0 saturated carbocycles. The molecule has 2 aromatic rings. The normalized spacial score (nSPS) is 10.2. The van der Waals surface area contributed by atoms with E-state index >= 15 is 0 Å². The summed E-state index contributed by atoms with van der Waals surface area (Å²) in [6, 6.07) is 7.85. The minimum atomic E-state index is -0.334. The number of rotatable bonds is 2. The van der Waals surface area contributed by atoms with Gasteiger partial charge in [-0.05, 0) is 30.3 Å². The molecule has 1 heterocycles. The van der Waals surface area contributed by atoms with E-state index in [1.807, 2.05) is 0 Å². The molecule has 0 radical (unpaired) electrons. The largest absolute Gasteiger partial charge is 0.322 e. The number of halogens is 3. The number of nitrogens with one attached hydrogen (secondary N) is 1. The Morgan fingerprint density at radius 3 is 2.56 bits per heavy atom. The third-order valence-corrected chi connectivity index (χ3v) is 2.91. The quantitative estimate of drug-likeness (QED) is 0.841. The first-order valence-electron chi connectivity index (χ1n) is 4.94. The highest BCUT2D eigenvalue weighted by Crippen LogP contribution is 2.22. The molecule has 0 fully saturated rings. The van der Waals surface area contributed by atoms with E-state index in [1.54, 1.807) is 24.3 Å². The Hall–Kier alpha value is -1.29. The van der Waals surface area contributed by atoms with E-state index < -0.39 is 0 Å².